The molecule has 1 amide bonds. The fourth-order valence-electron chi connectivity index (χ4n) is 4.61. The van der Waals surface area contributed by atoms with Gasteiger partial charge in [-0.15, -0.1) is 24.0 Å². The van der Waals surface area contributed by atoms with Gasteiger partial charge >= 0.3 is 0 Å². The zero-order chi connectivity index (χ0) is 20.8. The first-order valence-corrected chi connectivity index (χ1v) is 11.4. The van der Waals surface area contributed by atoms with Crippen LogP contribution in [-0.2, 0) is 22.6 Å². The van der Waals surface area contributed by atoms with Gasteiger partial charge < -0.3 is 19.9 Å². The summed E-state index contributed by atoms with van der Waals surface area (Å²) < 4.78 is 5.50. The second-order valence-corrected chi connectivity index (χ2v) is 8.44. The third-order valence-corrected chi connectivity index (χ3v) is 6.34. The average Bonchev–Trinajstić information content (AvgIpc) is 3.42. The van der Waals surface area contributed by atoms with E-state index in [1.807, 2.05) is 4.90 Å². The van der Waals surface area contributed by atoms with Gasteiger partial charge in [0.2, 0.25) is 5.91 Å². The topological polar surface area (TPSA) is 60.4 Å². The largest absolute Gasteiger partial charge is 0.379 e. The lowest BCUT2D eigenvalue weighted by Gasteiger charge is -2.32. The molecule has 1 unspecified atom stereocenters. The third-order valence-electron chi connectivity index (χ3n) is 6.34. The minimum absolute atomic E-state index is 0. The van der Waals surface area contributed by atoms with E-state index in [0.717, 1.165) is 71.4 Å². The second-order valence-electron chi connectivity index (χ2n) is 8.44. The lowest BCUT2D eigenvalue weighted by atomic mass is 10.1. The van der Waals surface area contributed by atoms with Crippen molar-refractivity contribution >= 4 is 35.8 Å². The number of nitrogens with one attached hydrogen (secondary N) is 1. The number of nitrogens with zero attached hydrogens (tertiary/aromatic N) is 4. The second kappa shape index (κ2) is 12.0. The highest BCUT2D eigenvalue weighted by molar-refractivity contribution is 14.0. The molecule has 1 N–H and O–H groups in total. The van der Waals surface area contributed by atoms with Crippen molar-refractivity contribution < 1.29 is 9.53 Å². The van der Waals surface area contributed by atoms with Gasteiger partial charge in [0.05, 0.1) is 19.8 Å². The highest BCUT2D eigenvalue weighted by Crippen LogP contribution is 2.18. The summed E-state index contributed by atoms with van der Waals surface area (Å²) in [4.78, 5) is 23.7. The fraction of sp³-hybridized carbons (Fsp3) is 0.652. The SMILES string of the molecule is CCNC(=NCc1ccc(CN2CCCC2=O)cc1)N1CCC(N2CCOCC2)C1.I. The van der Waals surface area contributed by atoms with Crippen LogP contribution in [0.5, 0.6) is 0 Å². The van der Waals surface area contributed by atoms with Crippen LogP contribution in [0, 0.1) is 0 Å². The monoisotopic (exact) mass is 541 g/mol. The Kier molecular flexibility index (Phi) is 9.40. The maximum atomic E-state index is 11.8. The van der Waals surface area contributed by atoms with E-state index in [2.05, 4.69) is 46.3 Å². The van der Waals surface area contributed by atoms with Crippen molar-refractivity contribution in [2.24, 2.45) is 4.99 Å². The van der Waals surface area contributed by atoms with Gasteiger partial charge in [0, 0.05) is 58.3 Å². The smallest absolute Gasteiger partial charge is 0.222 e. The third kappa shape index (κ3) is 6.55. The predicted octanol–water partition coefficient (Wildman–Crippen LogP) is 2.30. The number of ether oxygens (including phenoxy) is 1. The van der Waals surface area contributed by atoms with E-state index in [1.54, 1.807) is 0 Å². The normalized spacial score (nSPS) is 22.7. The predicted molar refractivity (Wildman–Crippen MR) is 134 cm³/mol. The molecule has 1 aromatic carbocycles. The van der Waals surface area contributed by atoms with Crippen LogP contribution >= 0.6 is 24.0 Å². The molecule has 0 aromatic heterocycles. The molecular formula is C23H36IN5O2. The van der Waals surface area contributed by atoms with Crippen molar-refractivity contribution in [3.8, 4) is 0 Å². The van der Waals surface area contributed by atoms with Gasteiger partial charge in [-0.05, 0) is 30.9 Å². The highest BCUT2D eigenvalue weighted by Gasteiger charge is 2.30. The Labute approximate surface area is 203 Å². The summed E-state index contributed by atoms with van der Waals surface area (Å²) in [5, 5.41) is 3.47. The first kappa shape index (κ1) is 24.3. The number of benzene rings is 1. The van der Waals surface area contributed by atoms with E-state index >= 15 is 0 Å². The Morgan fingerprint density at radius 1 is 1.13 bits per heavy atom. The Bertz CT molecular complexity index is 736. The zero-order valence-electron chi connectivity index (χ0n) is 18.6. The van der Waals surface area contributed by atoms with E-state index in [-0.39, 0.29) is 29.9 Å². The van der Waals surface area contributed by atoms with Gasteiger partial charge in [-0.1, -0.05) is 24.3 Å². The Morgan fingerprint density at radius 3 is 2.55 bits per heavy atom. The van der Waals surface area contributed by atoms with E-state index in [9.17, 15) is 4.79 Å². The van der Waals surface area contributed by atoms with Crippen LogP contribution in [0.25, 0.3) is 0 Å². The molecule has 3 saturated heterocycles. The summed E-state index contributed by atoms with van der Waals surface area (Å²) >= 11 is 0. The highest BCUT2D eigenvalue weighted by atomic mass is 127. The Morgan fingerprint density at radius 2 is 1.87 bits per heavy atom. The van der Waals surface area contributed by atoms with Gasteiger partial charge in [0.15, 0.2) is 5.96 Å². The molecule has 0 radical (unpaired) electrons. The molecule has 0 saturated carbocycles. The van der Waals surface area contributed by atoms with Crippen molar-refractivity contribution in [1.82, 2.24) is 20.0 Å². The van der Waals surface area contributed by atoms with Crippen molar-refractivity contribution in [3.05, 3.63) is 35.4 Å². The van der Waals surface area contributed by atoms with E-state index < -0.39 is 0 Å². The minimum atomic E-state index is 0. The van der Waals surface area contributed by atoms with E-state index in [1.165, 1.54) is 17.5 Å². The van der Waals surface area contributed by atoms with Gasteiger partial charge in [0.1, 0.15) is 0 Å². The van der Waals surface area contributed by atoms with Crippen molar-refractivity contribution in [1.29, 1.82) is 0 Å². The quantitative estimate of drug-likeness (QED) is 0.341. The number of hydrogen-bond acceptors (Lipinski definition) is 4. The summed E-state index contributed by atoms with van der Waals surface area (Å²) in [6.07, 6.45) is 2.87. The average molecular weight is 541 g/mol. The maximum absolute atomic E-state index is 11.8. The Balaban J connectivity index is 0.00000272. The molecule has 4 rings (SSSR count). The molecule has 0 spiro atoms. The zero-order valence-corrected chi connectivity index (χ0v) is 20.9. The molecule has 1 aromatic rings. The summed E-state index contributed by atoms with van der Waals surface area (Å²) in [7, 11) is 0. The van der Waals surface area contributed by atoms with Gasteiger partial charge in [0.25, 0.3) is 0 Å². The van der Waals surface area contributed by atoms with Crippen molar-refractivity contribution in [2.75, 3.05) is 52.5 Å². The first-order valence-electron chi connectivity index (χ1n) is 11.4. The molecule has 3 aliphatic heterocycles. The fourth-order valence-corrected chi connectivity index (χ4v) is 4.61. The number of amides is 1. The standard InChI is InChI=1S/C23H35N5O2.HI/c1-2-24-23(28-11-9-21(18-28)26-12-14-30-15-13-26)25-16-19-5-7-20(8-6-19)17-27-10-3-4-22(27)29;/h5-8,21H,2-4,9-18H2,1H3,(H,24,25);1H. The van der Waals surface area contributed by atoms with Crippen LogP contribution in [0.1, 0.15) is 37.3 Å². The molecule has 0 aliphatic carbocycles. The van der Waals surface area contributed by atoms with Gasteiger partial charge in [-0.3, -0.25) is 9.69 Å². The lowest BCUT2D eigenvalue weighted by Crippen LogP contribution is -2.46. The lowest BCUT2D eigenvalue weighted by molar-refractivity contribution is -0.128. The number of guanidine groups is 1. The van der Waals surface area contributed by atoms with Crippen molar-refractivity contribution in [2.45, 2.75) is 45.3 Å². The number of morpholine rings is 1. The number of carbonyl (C=O) groups excluding carboxylic acids is 1. The molecule has 3 aliphatic rings. The van der Waals surface area contributed by atoms with E-state index in [0.29, 0.717) is 19.0 Å². The summed E-state index contributed by atoms with van der Waals surface area (Å²) in [5.74, 6) is 1.29. The van der Waals surface area contributed by atoms with Crippen molar-refractivity contribution in [3.63, 3.8) is 0 Å². The number of rotatable bonds is 6. The molecule has 7 nitrogen and oxygen atoms in total. The van der Waals surface area contributed by atoms with Crippen LogP contribution in [0.4, 0.5) is 0 Å². The van der Waals surface area contributed by atoms with Crippen LogP contribution in [0.2, 0.25) is 0 Å². The van der Waals surface area contributed by atoms with E-state index in [4.69, 9.17) is 9.73 Å². The molecule has 0 bridgehead atoms. The summed E-state index contributed by atoms with van der Waals surface area (Å²) in [5.41, 5.74) is 2.39. The van der Waals surface area contributed by atoms with Crippen LogP contribution < -0.4 is 5.32 Å². The maximum Gasteiger partial charge on any atom is 0.222 e. The molecule has 3 fully saturated rings. The number of halogens is 1. The Hall–Kier alpha value is -1.39. The summed E-state index contributed by atoms with van der Waals surface area (Å²) in [6.45, 7) is 11.2. The molecule has 172 valence electrons. The van der Waals surface area contributed by atoms with Gasteiger partial charge in [-0.2, -0.15) is 0 Å². The minimum Gasteiger partial charge on any atom is -0.379 e. The van der Waals surface area contributed by atoms with Crippen LogP contribution in [-0.4, -0.2) is 85.1 Å². The molecular weight excluding hydrogens is 505 g/mol. The number of aliphatic imine (C=N–C) groups is 1. The molecule has 31 heavy (non-hydrogen) atoms. The number of likely N-dealkylation sites (tertiary alicyclic amines) is 2. The van der Waals surface area contributed by atoms with Crippen LogP contribution in [0.3, 0.4) is 0 Å². The molecule has 3 heterocycles. The number of hydrogen-bond donors (Lipinski definition) is 1. The van der Waals surface area contributed by atoms with Crippen LogP contribution in [0.15, 0.2) is 29.3 Å². The van der Waals surface area contributed by atoms with Gasteiger partial charge in [-0.25, -0.2) is 4.99 Å². The number of carbonyl (C=O) groups is 1. The summed E-state index contributed by atoms with van der Waals surface area (Å²) in [6, 6.07) is 9.15. The molecule has 8 heteroatoms. The first-order chi connectivity index (χ1) is 14.7. The molecule has 1 atom stereocenters.